The summed E-state index contributed by atoms with van der Waals surface area (Å²) in [5.41, 5.74) is 3.19. The summed E-state index contributed by atoms with van der Waals surface area (Å²) in [6.45, 7) is 3.80. The third kappa shape index (κ3) is 4.57. The summed E-state index contributed by atoms with van der Waals surface area (Å²) in [5.74, 6) is -1.87. The maximum absolute atomic E-state index is 13.2. The molecule has 0 fully saturated rings. The van der Waals surface area contributed by atoms with Crippen LogP contribution in [0.1, 0.15) is 27.8 Å². The third-order valence-corrected chi connectivity index (χ3v) is 4.48. The van der Waals surface area contributed by atoms with E-state index in [9.17, 15) is 23.1 Å². The van der Waals surface area contributed by atoms with Crippen LogP contribution in [0.3, 0.4) is 0 Å². The van der Waals surface area contributed by atoms with Crippen molar-refractivity contribution in [1.82, 2.24) is 0 Å². The van der Waals surface area contributed by atoms with E-state index in [0.29, 0.717) is 12.0 Å². The fourth-order valence-corrected chi connectivity index (χ4v) is 3.01. The molecule has 1 unspecified atom stereocenters. The first kappa shape index (κ1) is 21.5. The van der Waals surface area contributed by atoms with E-state index in [1.165, 1.54) is 0 Å². The Morgan fingerprint density at radius 3 is 2.37 bits per heavy atom. The van der Waals surface area contributed by atoms with Crippen LogP contribution in [0.2, 0.25) is 0 Å². The first-order chi connectivity index (χ1) is 12.2. The summed E-state index contributed by atoms with van der Waals surface area (Å²) in [5, 5.41) is 11.1. The zero-order valence-electron chi connectivity index (χ0n) is 15.2. The van der Waals surface area contributed by atoms with E-state index in [1.54, 1.807) is 12.1 Å². The molecule has 0 radical (unpaired) electrons. The van der Waals surface area contributed by atoms with Gasteiger partial charge in [-0.15, -0.1) is 0 Å². The van der Waals surface area contributed by atoms with E-state index in [0.717, 1.165) is 28.3 Å². The zero-order valence-corrected chi connectivity index (χ0v) is 17.2. The van der Waals surface area contributed by atoms with E-state index in [-0.39, 0.29) is 35.3 Å². The summed E-state index contributed by atoms with van der Waals surface area (Å²) in [4.78, 5) is 11.1. The predicted octanol–water partition coefficient (Wildman–Crippen LogP) is 0.355. The van der Waals surface area contributed by atoms with Gasteiger partial charge < -0.3 is 14.6 Å². The summed E-state index contributed by atoms with van der Waals surface area (Å²) in [6, 6.07) is 10.9. The average molecular weight is 384 g/mol. The number of fused-ring (bicyclic) bond motifs is 1. The van der Waals surface area contributed by atoms with Gasteiger partial charge in [-0.1, -0.05) is 24.3 Å². The second kappa shape index (κ2) is 8.09. The van der Waals surface area contributed by atoms with Crippen molar-refractivity contribution < 1.29 is 57.4 Å². The molecule has 0 N–H and O–H groups in total. The number of carboxylic acids is 1. The van der Waals surface area contributed by atoms with Crippen molar-refractivity contribution in [2.24, 2.45) is 0 Å². The Labute approximate surface area is 177 Å². The zero-order chi connectivity index (χ0) is 19.1. The SMILES string of the molecule is Cc1ccccc1Cc1cc2c(cc1C)C=C(C(=O)[O-])C(C(F)(F)F)O2.[Na+]. The number of rotatable bonds is 3. The molecule has 1 aliphatic heterocycles. The summed E-state index contributed by atoms with van der Waals surface area (Å²) in [6.07, 6.45) is -5.85. The van der Waals surface area contributed by atoms with Crippen LogP contribution in [-0.2, 0) is 11.2 Å². The molecule has 0 saturated heterocycles. The van der Waals surface area contributed by atoms with Gasteiger partial charge in [0, 0.05) is 11.1 Å². The number of carbonyl (C=O) groups excluding carboxylic acids is 1. The number of carboxylic acid groups (broad SMARTS) is 1. The molecule has 27 heavy (non-hydrogen) atoms. The van der Waals surface area contributed by atoms with E-state index >= 15 is 0 Å². The predicted molar refractivity (Wildman–Crippen MR) is 88.6 cm³/mol. The van der Waals surface area contributed by atoms with Gasteiger partial charge in [0.15, 0.2) is 0 Å². The molecule has 0 aliphatic carbocycles. The Hall–Kier alpha value is -1.76. The van der Waals surface area contributed by atoms with Gasteiger partial charge in [0.05, 0.1) is 5.97 Å². The number of aryl methyl sites for hydroxylation is 2. The number of alkyl halides is 3. The van der Waals surface area contributed by atoms with Crippen molar-refractivity contribution in [2.75, 3.05) is 0 Å². The summed E-state index contributed by atoms with van der Waals surface area (Å²) >= 11 is 0. The molecule has 2 aromatic rings. The van der Waals surface area contributed by atoms with Crippen molar-refractivity contribution in [2.45, 2.75) is 32.5 Å². The molecular formula is C20H16F3NaO3. The molecule has 1 aliphatic rings. The number of halogens is 3. The number of hydrogen-bond donors (Lipinski definition) is 0. The van der Waals surface area contributed by atoms with Crippen LogP contribution in [0.5, 0.6) is 5.75 Å². The minimum Gasteiger partial charge on any atom is -0.545 e. The number of carbonyl (C=O) groups is 1. The van der Waals surface area contributed by atoms with Gasteiger partial charge in [0.25, 0.3) is 0 Å². The normalized spacial score (nSPS) is 15.9. The van der Waals surface area contributed by atoms with Crippen molar-refractivity contribution in [1.29, 1.82) is 0 Å². The molecule has 0 amide bonds. The Bertz CT molecular complexity index is 904. The molecule has 0 saturated carbocycles. The topological polar surface area (TPSA) is 49.4 Å². The Balaban J connectivity index is 0.00000261. The van der Waals surface area contributed by atoms with Gasteiger partial charge in [0.1, 0.15) is 5.75 Å². The Morgan fingerprint density at radius 1 is 1.11 bits per heavy atom. The summed E-state index contributed by atoms with van der Waals surface area (Å²) in [7, 11) is 0. The van der Waals surface area contributed by atoms with Crippen molar-refractivity contribution >= 4 is 12.0 Å². The Kier molecular flexibility index (Phi) is 6.45. The van der Waals surface area contributed by atoms with E-state index in [4.69, 9.17) is 4.74 Å². The second-order valence-corrected chi connectivity index (χ2v) is 6.35. The van der Waals surface area contributed by atoms with Crippen LogP contribution in [0.4, 0.5) is 13.2 Å². The van der Waals surface area contributed by atoms with Gasteiger partial charge in [-0.05, 0) is 60.7 Å². The number of benzene rings is 2. The minimum atomic E-state index is -4.84. The van der Waals surface area contributed by atoms with Gasteiger partial charge in [-0.3, -0.25) is 0 Å². The van der Waals surface area contributed by atoms with Gasteiger partial charge >= 0.3 is 35.7 Å². The van der Waals surface area contributed by atoms with E-state index < -0.39 is 23.8 Å². The quantitative estimate of drug-likeness (QED) is 0.718. The molecule has 0 aromatic heterocycles. The molecule has 7 heteroatoms. The number of ether oxygens (including phenoxy) is 1. The van der Waals surface area contributed by atoms with Crippen LogP contribution in [0, 0.1) is 13.8 Å². The van der Waals surface area contributed by atoms with E-state index in [2.05, 4.69) is 0 Å². The largest absolute Gasteiger partial charge is 1.00 e. The van der Waals surface area contributed by atoms with Gasteiger partial charge in [-0.2, -0.15) is 13.2 Å². The molecule has 0 bridgehead atoms. The molecular weight excluding hydrogens is 368 g/mol. The monoisotopic (exact) mass is 384 g/mol. The molecule has 2 aromatic carbocycles. The van der Waals surface area contributed by atoms with Gasteiger partial charge in [0.2, 0.25) is 6.10 Å². The van der Waals surface area contributed by atoms with Crippen LogP contribution in [0.15, 0.2) is 42.0 Å². The third-order valence-electron chi connectivity index (χ3n) is 4.48. The van der Waals surface area contributed by atoms with Gasteiger partial charge in [-0.25, -0.2) is 0 Å². The standard InChI is InChI=1S/C20H17F3O3.Na/c1-11-5-3-4-6-13(11)8-14-10-17-15(7-12(14)2)9-16(19(24)25)18(26-17)20(21,22)23;/h3-7,9-10,18H,8H2,1-2H3,(H,24,25);/q;+1/p-1. The first-order valence-electron chi connectivity index (χ1n) is 8.01. The molecule has 1 atom stereocenters. The Morgan fingerprint density at radius 2 is 1.78 bits per heavy atom. The average Bonchev–Trinajstić information content (AvgIpc) is 2.55. The maximum Gasteiger partial charge on any atom is 1.00 e. The molecule has 136 valence electrons. The number of hydrogen-bond acceptors (Lipinski definition) is 3. The van der Waals surface area contributed by atoms with Crippen molar-refractivity contribution in [3.63, 3.8) is 0 Å². The fourth-order valence-electron chi connectivity index (χ4n) is 3.01. The van der Waals surface area contributed by atoms with E-state index in [1.807, 2.05) is 38.1 Å². The molecule has 1 heterocycles. The van der Waals surface area contributed by atoms with Crippen molar-refractivity contribution in [3.05, 3.63) is 69.8 Å². The van der Waals surface area contributed by atoms with Crippen LogP contribution in [0.25, 0.3) is 6.08 Å². The fraction of sp³-hybridized carbons (Fsp3) is 0.250. The molecule has 3 rings (SSSR count). The first-order valence-corrected chi connectivity index (χ1v) is 8.01. The minimum absolute atomic E-state index is 0. The molecule has 0 spiro atoms. The summed E-state index contributed by atoms with van der Waals surface area (Å²) < 4.78 is 44.5. The smallest absolute Gasteiger partial charge is 0.545 e. The van der Waals surface area contributed by atoms with Crippen LogP contribution < -0.4 is 39.4 Å². The second-order valence-electron chi connectivity index (χ2n) is 6.35. The van der Waals surface area contributed by atoms with Crippen LogP contribution in [-0.4, -0.2) is 18.2 Å². The number of aliphatic carboxylic acids is 1. The molecule has 3 nitrogen and oxygen atoms in total. The van der Waals surface area contributed by atoms with Crippen LogP contribution >= 0.6 is 0 Å². The van der Waals surface area contributed by atoms with Crippen molar-refractivity contribution in [3.8, 4) is 5.75 Å². The maximum atomic E-state index is 13.2.